The molecule has 0 saturated heterocycles. The maximum Gasteiger partial charge on any atom is 0.262 e. The number of ketones is 1. The highest BCUT2D eigenvalue weighted by Gasteiger charge is 2.27. The molecule has 0 unspecified atom stereocenters. The van der Waals surface area contributed by atoms with E-state index in [1.54, 1.807) is 18.2 Å². The van der Waals surface area contributed by atoms with Crippen LogP contribution in [0.3, 0.4) is 0 Å². The molecule has 3 rings (SSSR count). The van der Waals surface area contributed by atoms with E-state index in [4.69, 9.17) is 4.74 Å². The number of nitrogens with one attached hydrogen (secondary N) is 2. The molecule has 1 aliphatic heterocycles. The van der Waals surface area contributed by atoms with Gasteiger partial charge in [0, 0.05) is 12.0 Å². The van der Waals surface area contributed by atoms with Crippen LogP contribution in [0.15, 0.2) is 48.5 Å². The van der Waals surface area contributed by atoms with Crippen LogP contribution in [0, 0.1) is 0 Å². The quantitative estimate of drug-likeness (QED) is 0.805. The molecule has 1 aliphatic rings. The molecule has 2 aromatic carbocycles. The largest absolute Gasteiger partial charge is 0.482 e. The smallest absolute Gasteiger partial charge is 0.262 e. The Morgan fingerprint density at radius 1 is 1.21 bits per heavy atom. The van der Waals surface area contributed by atoms with Crippen LogP contribution in [0.4, 0.5) is 5.69 Å². The molecule has 0 aromatic heterocycles. The fraction of sp³-hybridized carbons (Fsp3) is 0.263. The summed E-state index contributed by atoms with van der Waals surface area (Å²) in [5, 5.41) is 2.75. The van der Waals surface area contributed by atoms with Gasteiger partial charge >= 0.3 is 0 Å². The summed E-state index contributed by atoms with van der Waals surface area (Å²) in [6.07, 6.45) is 0.669. The van der Waals surface area contributed by atoms with Gasteiger partial charge < -0.3 is 15.0 Å². The van der Waals surface area contributed by atoms with Gasteiger partial charge in [-0.2, -0.15) is 0 Å². The van der Waals surface area contributed by atoms with Crippen molar-refractivity contribution in [2.75, 3.05) is 26.0 Å². The fourth-order valence-corrected chi connectivity index (χ4v) is 2.85. The summed E-state index contributed by atoms with van der Waals surface area (Å²) >= 11 is 0. The summed E-state index contributed by atoms with van der Waals surface area (Å²) in [5.74, 6) is 0.454. The number of benzene rings is 2. The second kappa shape index (κ2) is 6.84. The molecule has 1 atom stereocenters. The molecule has 1 amide bonds. The minimum atomic E-state index is -0.203. The average molecular weight is 325 g/mol. The van der Waals surface area contributed by atoms with Crippen molar-refractivity contribution in [3.63, 3.8) is 0 Å². The molecular weight excluding hydrogens is 304 g/mol. The Balaban J connectivity index is 1.85. The van der Waals surface area contributed by atoms with Gasteiger partial charge in [-0.25, -0.2) is 0 Å². The molecule has 24 heavy (non-hydrogen) atoms. The maximum atomic E-state index is 13.0. The first-order valence-electron chi connectivity index (χ1n) is 7.99. The van der Waals surface area contributed by atoms with E-state index in [-0.39, 0.29) is 24.3 Å². The highest BCUT2D eigenvalue weighted by Crippen LogP contribution is 2.28. The highest BCUT2D eigenvalue weighted by molar-refractivity contribution is 6.02. The van der Waals surface area contributed by atoms with Crippen LogP contribution in [0.1, 0.15) is 15.9 Å². The van der Waals surface area contributed by atoms with Crippen LogP contribution < -0.4 is 15.0 Å². The summed E-state index contributed by atoms with van der Waals surface area (Å²) in [4.78, 5) is 25.5. The van der Waals surface area contributed by atoms with Crippen molar-refractivity contribution in [1.29, 1.82) is 0 Å². The van der Waals surface area contributed by atoms with Gasteiger partial charge in [0.2, 0.25) is 5.78 Å². The fourth-order valence-electron chi connectivity index (χ4n) is 2.85. The number of hydrogen-bond donors (Lipinski definition) is 2. The van der Waals surface area contributed by atoms with E-state index < -0.39 is 0 Å². The molecule has 5 heteroatoms. The number of quaternary nitrogens is 1. The van der Waals surface area contributed by atoms with Crippen molar-refractivity contribution in [2.24, 2.45) is 0 Å². The SMILES string of the molecule is C[NH+](C)[C@@H](Cc1ccccc1)C(=O)c1ccc2c(c1)NC(=O)CO2. The number of hydrogen-bond acceptors (Lipinski definition) is 3. The molecule has 0 radical (unpaired) electrons. The van der Waals surface area contributed by atoms with Gasteiger partial charge in [0.15, 0.2) is 12.6 Å². The molecule has 2 N–H and O–H groups in total. The van der Waals surface area contributed by atoms with E-state index >= 15 is 0 Å². The standard InChI is InChI=1S/C19H20N2O3/c1-21(2)16(10-13-6-4-3-5-7-13)19(23)14-8-9-17-15(11-14)20-18(22)12-24-17/h3-9,11,16H,10,12H2,1-2H3,(H,20,22)/p+1/t16-/m0/s1. The molecule has 0 saturated carbocycles. The number of fused-ring (bicyclic) bond motifs is 1. The number of ether oxygens (including phenoxy) is 1. The first kappa shape index (κ1) is 16.2. The number of carbonyl (C=O) groups excluding carboxylic acids is 2. The number of likely N-dealkylation sites (N-methyl/N-ethyl adjacent to an activating group) is 1. The van der Waals surface area contributed by atoms with Crippen molar-refractivity contribution >= 4 is 17.4 Å². The van der Waals surface area contributed by atoms with Gasteiger partial charge in [-0.1, -0.05) is 30.3 Å². The van der Waals surface area contributed by atoms with E-state index in [0.29, 0.717) is 23.4 Å². The summed E-state index contributed by atoms with van der Waals surface area (Å²) in [6, 6.07) is 15.0. The molecule has 2 aromatic rings. The van der Waals surface area contributed by atoms with Crippen LogP contribution in [0.25, 0.3) is 0 Å². The Morgan fingerprint density at radius 3 is 2.67 bits per heavy atom. The van der Waals surface area contributed by atoms with Gasteiger partial charge in [-0.3, -0.25) is 9.59 Å². The molecule has 0 bridgehead atoms. The Hall–Kier alpha value is -2.66. The van der Waals surface area contributed by atoms with Crippen molar-refractivity contribution in [1.82, 2.24) is 0 Å². The Bertz CT molecular complexity index is 756. The summed E-state index contributed by atoms with van der Waals surface area (Å²) in [5.41, 5.74) is 2.28. The van der Waals surface area contributed by atoms with E-state index in [0.717, 1.165) is 10.5 Å². The number of amides is 1. The molecule has 0 fully saturated rings. The zero-order valence-electron chi connectivity index (χ0n) is 13.8. The summed E-state index contributed by atoms with van der Waals surface area (Å²) in [7, 11) is 3.96. The first-order chi connectivity index (χ1) is 11.5. The Kier molecular flexibility index (Phi) is 4.62. The average Bonchev–Trinajstić information content (AvgIpc) is 2.59. The lowest BCUT2D eigenvalue weighted by Crippen LogP contribution is -3.11. The number of carbonyl (C=O) groups is 2. The lowest BCUT2D eigenvalue weighted by molar-refractivity contribution is -0.874. The van der Waals surface area contributed by atoms with Crippen LogP contribution >= 0.6 is 0 Å². The molecule has 5 nitrogen and oxygen atoms in total. The van der Waals surface area contributed by atoms with E-state index in [1.165, 1.54) is 0 Å². The van der Waals surface area contributed by atoms with Crippen LogP contribution in [0.5, 0.6) is 5.75 Å². The molecule has 0 spiro atoms. The topological polar surface area (TPSA) is 59.8 Å². The number of Topliss-reactive ketones (excluding diaryl/α,β-unsaturated/α-hetero) is 1. The van der Waals surface area contributed by atoms with Crippen molar-refractivity contribution in [3.05, 3.63) is 59.7 Å². The number of rotatable bonds is 5. The molecule has 0 aliphatic carbocycles. The predicted octanol–water partition coefficient (Wildman–Crippen LogP) is 0.956. The van der Waals surface area contributed by atoms with Gasteiger partial charge in [-0.15, -0.1) is 0 Å². The third-order valence-corrected chi connectivity index (χ3v) is 4.19. The molecular formula is C19H21N2O3+. The maximum absolute atomic E-state index is 13.0. The first-order valence-corrected chi connectivity index (χ1v) is 7.99. The minimum Gasteiger partial charge on any atom is -0.482 e. The summed E-state index contributed by atoms with van der Waals surface area (Å²) in [6.45, 7) is 0.0127. The second-order valence-corrected chi connectivity index (χ2v) is 6.23. The van der Waals surface area contributed by atoms with E-state index in [1.807, 2.05) is 44.4 Å². The van der Waals surface area contributed by atoms with Crippen LogP contribution in [-0.2, 0) is 11.2 Å². The highest BCUT2D eigenvalue weighted by atomic mass is 16.5. The Labute approximate surface area is 141 Å². The number of anilines is 1. The van der Waals surface area contributed by atoms with E-state index in [9.17, 15) is 9.59 Å². The van der Waals surface area contributed by atoms with Gasteiger partial charge in [0.25, 0.3) is 5.91 Å². The van der Waals surface area contributed by atoms with Gasteiger partial charge in [-0.05, 0) is 23.8 Å². The van der Waals surface area contributed by atoms with Crippen LogP contribution in [0.2, 0.25) is 0 Å². The van der Waals surface area contributed by atoms with E-state index in [2.05, 4.69) is 5.32 Å². The Morgan fingerprint density at radius 2 is 1.96 bits per heavy atom. The lowest BCUT2D eigenvalue weighted by atomic mass is 9.96. The van der Waals surface area contributed by atoms with Crippen molar-refractivity contribution < 1.29 is 19.2 Å². The second-order valence-electron chi connectivity index (χ2n) is 6.23. The van der Waals surface area contributed by atoms with Crippen LogP contribution in [-0.4, -0.2) is 38.4 Å². The monoisotopic (exact) mass is 325 g/mol. The van der Waals surface area contributed by atoms with Crippen molar-refractivity contribution in [2.45, 2.75) is 12.5 Å². The zero-order chi connectivity index (χ0) is 17.1. The molecule has 1 heterocycles. The van der Waals surface area contributed by atoms with Crippen molar-refractivity contribution in [3.8, 4) is 5.75 Å². The van der Waals surface area contributed by atoms with Gasteiger partial charge in [0.05, 0.1) is 19.8 Å². The third kappa shape index (κ3) is 3.46. The minimum absolute atomic E-state index is 0.0127. The lowest BCUT2D eigenvalue weighted by Gasteiger charge is -2.22. The van der Waals surface area contributed by atoms with Gasteiger partial charge in [0.1, 0.15) is 5.75 Å². The molecule has 124 valence electrons. The summed E-state index contributed by atoms with van der Waals surface area (Å²) < 4.78 is 5.35. The predicted molar refractivity (Wildman–Crippen MR) is 91.6 cm³/mol. The zero-order valence-corrected chi connectivity index (χ0v) is 13.8. The normalized spacial score (nSPS) is 14.5. The third-order valence-electron chi connectivity index (χ3n) is 4.19.